The molecule has 2 aliphatic rings. The van der Waals surface area contributed by atoms with Crippen molar-refractivity contribution in [1.29, 1.82) is 0 Å². The molecule has 0 radical (unpaired) electrons. The van der Waals surface area contributed by atoms with Crippen LogP contribution in [0.3, 0.4) is 0 Å². The van der Waals surface area contributed by atoms with E-state index in [0.717, 1.165) is 17.1 Å². The van der Waals surface area contributed by atoms with Crippen molar-refractivity contribution < 1.29 is 0 Å². The first-order chi connectivity index (χ1) is 33.0. The van der Waals surface area contributed by atoms with E-state index in [1.54, 1.807) is 0 Å². The van der Waals surface area contributed by atoms with Gasteiger partial charge in [0.1, 0.15) is 0 Å². The van der Waals surface area contributed by atoms with Gasteiger partial charge in [0.25, 0.3) is 0 Å². The average Bonchev–Trinajstić information content (AvgIpc) is 3.81. The molecule has 1 heteroatoms. The third-order valence-corrected chi connectivity index (χ3v) is 14.9. The third-order valence-electron chi connectivity index (χ3n) is 14.9. The van der Waals surface area contributed by atoms with Crippen LogP contribution in [0.4, 0.5) is 17.1 Å². The molecule has 0 atom stereocenters. The molecule has 0 aromatic heterocycles. The molecule has 0 heterocycles. The van der Waals surface area contributed by atoms with Crippen molar-refractivity contribution in [1.82, 2.24) is 0 Å². The Morgan fingerprint density at radius 2 is 0.776 bits per heavy atom. The Hall–Kier alpha value is -8.26. The summed E-state index contributed by atoms with van der Waals surface area (Å²) in [5.74, 6) is 0. The van der Waals surface area contributed by atoms with Crippen LogP contribution in [-0.2, 0) is 10.8 Å². The van der Waals surface area contributed by atoms with Gasteiger partial charge in [-0.15, -0.1) is 0 Å². The molecule has 0 amide bonds. The minimum atomic E-state index is -0.635. The van der Waals surface area contributed by atoms with E-state index in [4.69, 9.17) is 0 Å². The van der Waals surface area contributed by atoms with Gasteiger partial charge in [-0.3, -0.25) is 0 Å². The van der Waals surface area contributed by atoms with E-state index >= 15 is 0 Å². The molecule has 0 aliphatic heterocycles. The second kappa shape index (κ2) is 15.2. The molecule has 67 heavy (non-hydrogen) atoms. The van der Waals surface area contributed by atoms with Crippen molar-refractivity contribution >= 4 is 38.6 Å². The van der Waals surface area contributed by atoms with Gasteiger partial charge in [-0.25, -0.2) is 0 Å². The fourth-order valence-corrected chi connectivity index (χ4v) is 11.8. The average molecular weight is 854 g/mol. The maximum Gasteiger partial charge on any atom is 0.0720 e. The second-order valence-corrected chi connectivity index (χ2v) is 18.8. The predicted molar refractivity (Wildman–Crippen MR) is 282 cm³/mol. The maximum absolute atomic E-state index is 2.51. The van der Waals surface area contributed by atoms with Crippen LogP contribution >= 0.6 is 0 Å². The summed E-state index contributed by atoms with van der Waals surface area (Å²) >= 11 is 0. The second-order valence-electron chi connectivity index (χ2n) is 18.8. The SMILES string of the molecule is CC1(C)c2cc(-c3ccccc3)ccc2-c2ccc(N(c3ccc4c(c3)C(c3ccccc3)(c3ccccc3)c3c-4cccc3-c3cccc4ccccc34)c3ccc4ccccc4c3)cc21. The highest BCUT2D eigenvalue weighted by molar-refractivity contribution is 6.02. The van der Waals surface area contributed by atoms with Gasteiger partial charge >= 0.3 is 0 Å². The van der Waals surface area contributed by atoms with Crippen LogP contribution in [0.25, 0.3) is 66.1 Å². The highest BCUT2D eigenvalue weighted by Crippen LogP contribution is 2.60. The van der Waals surface area contributed by atoms with Crippen LogP contribution < -0.4 is 4.90 Å². The normalized spacial score (nSPS) is 13.8. The van der Waals surface area contributed by atoms with Crippen molar-refractivity contribution in [2.24, 2.45) is 0 Å². The van der Waals surface area contributed by atoms with Crippen molar-refractivity contribution in [3.63, 3.8) is 0 Å². The first-order valence-electron chi connectivity index (χ1n) is 23.5. The number of nitrogens with zero attached hydrogens (tertiary/aromatic N) is 1. The smallest absolute Gasteiger partial charge is 0.0720 e. The Morgan fingerprint density at radius 1 is 0.299 bits per heavy atom. The van der Waals surface area contributed by atoms with E-state index in [2.05, 4.69) is 267 Å². The Bertz CT molecular complexity index is 3670. The fraction of sp³-hybridized carbons (Fsp3) is 0.0606. The topological polar surface area (TPSA) is 3.24 Å². The van der Waals surface area contributed by atoms with Crippen LogP contribution in [0.2, 0.25) is 0 Å². The molecule has 11 aromatic carbocycles. The zero-order chi connectivity index (χ0) is 44.7. The summed E-state index contributed by atoms with van der Waals surface area (Å²) < 4.78 is 0. The summed E-state index contributed by atoms with van der Waals surface area (Å²) in [7, 11) is 0. The molecule has 0 unspecified atom stereocenters. The molecule has 316 valence electrons. The molecule has 13 rings (SSSR count). The van der Waals surface area contributed by atoms with E-state index in [0.29, 0.717) is 0 Å². The lowest BCUT2D eigenvalue weighted by molar-refractivity contribution is 0.660. The standard InChI is InChI=1S/C66H47N/c1-65(2)61-41-48(44-18-6-3-7-19-44)33-37-56(61)57-38-35-52(42-62(57)65)67(51-34-32-45-20-12-13-22-47(45)40-51)53-36-39-58-60-31-17-30-59(55-29-16-23-46-21-14-15-28-54(46)55)64(60)66(63(58)43-53,49-24-8-4-9-25-49)50-26-10-5-11-27-50/h3-43H,1-2H3. The fourth-order valence-electron chi connectivity index (χ4n) is 11.8. The van der Waals surface area contributed by atoms with E-state index < -0.39 is 5.41 Å². The summed E-state index contributed by atoms with van der Waals surface area (Å²) in [6.45, 7) is 4.79. The van der Waals surface area contributed by atoms with Crippen LogP contribution in [0.15, 0.2) is 249 Å². The van der Waals surface area contributed by atoms with E-state index in [1.165, 1.54) is 99.4 Å². The van der Waals surface area contributed by atoms with E-state index in [-0.39, 0.29) is 5.41 Å². The van der Waals surface area contributed by atoms with Crippen LogP contribution in [0.5, 0.6) is 0 Å². The van der Waals surface area contributed by atoms with Gasteiger partial charge in [0.2, 0.25) is 0 Å². The molecular weight excluding hydrogens is 807 g/mol. The minimum absolute atomic E-state index is 0.214. The number of benzene rings is 11. The lowest BCUT2D eigenvalue weighted by Gasteiger charge is -2.36. The first-order valence-corrected chi connectivity index (χ1v) is 23.5. The van der Waals surface area contributed by atoms with Gasteiger partial charge < -0.3 is 4.90 Å². The van der Waals surface area contributed by atoms with Gasteiger partial charge in [-0.2, -0.15) is 0 Å². The lowest BCUT2D eigenvalue weighted by atomic mass is 9.66. The van der Waals surface area contributed by atoms with Crippen LogP contribution in [0, 0.1) is 0 Å². The third kappa shape index (κ3) is 5.94. The molecule has 0 spiro atoms. The Balaban J connectivity index is 1.06. The monoisotopic (exact) mass is 853 g/mol. The summed E-state index contributed by atoms with van der Waals surface area (Å²) in [4.78, 5) is 2.50. The van der Waals surface area contributed by atoms with E-state index in [9.17, 15) is 0 Å². The molecule has 0 bridgehead atoms. The molecule has 11 aromatic rings. The molecule has 0 N–H and O–H groups in total. The number of hydrogen-bond acceptors (Lipinski definition) is 1. The summed E-state index contributed by atoms with van der Waals surface area (Å²) in [6, 6.07) is 92.8. The van der Waals surface area contributed by atoms with E-state index in [1.807, 2.05) is 0 Å². The van der Waals surface area contributed by atoms with Crippen molar-refractivity contribution in [3.8, 4) is 44.5 Å². The minimum Gasteiger partial charge on any atom is -0.310 e. The highest BCUT2D eigenvalue weighted by Gasteiger charge is 2.48. The lowest BCUT2D eigenvalue weighted by Crippen LogP contribution is -2.29. The molecule has 0 saturated heterocycles. The zero-order valence-corrected chi connectivity index (χ0v) is 37.6. The molecule has 0 saturated carbocycles. The van der Waals surface area contributed by atoms with Crippen molar-refractivity contribution in [2.75, 3.05) is 4.90 Å². The zero-order valence-electron chi connectivity index (χ0n) is 37.6. The van der Waals surface area contributed by atoms with Gasteiger partial charge in [-0.1, -0.05) is 220 Å². The van der Waals surface area contributed by atoms with Crippen LogP contribution in [-0.4, -0.2) is 0 Å². The largest absolute Gasteiger partial charge is 0.310 e. The van der Waals surface area contributed by atoms with Crippen molar-refractivity contribution in [3.05, 3.63) is 282 Å². The first kappa shape index (κ1) is 39.1. The summed E-state index contributed by atoms with van der Waals surface area (Å²) in [5, 5.41) is 4.93. The summed E-state index contributed by atoms with van der Waals surface area (Å²) in [5.41, 5.74) is 20.4. The molecular formula is C66H47N. The number of fused-ring (bicyclic) bond motifs is 8. The van der Waals surface area contributed by atoms with Crippen LogP contribution in [0.1, 0.15) is 47.2 Å². The quantitative estimate of drug-likeness (QED) is 0.154. The summed E-state index contributed by atoms with van der Waals surface area (Å²) in [6.07, 6.45) is 0. The van der Waals surface area contributed by atoms with Gasteiger partial charge in [0, 0.05) is 22.5 Å². The van der Waals surface area contributed by atoms with Gasteiger partial charge in [-0.05, 0) is 142 Å². The van der Waals surface area contributed by atoms with Crippen molar-refractivity contribution in [2.45, 2.75) is 24.7 Å². The Morgan fingerprint density at radius 3 is 1.48 bits per heavy atom. The molecule has 1 nitrogen and oxygen atoms in total. The Labute approximate surface area is 392 Å². The number of hydrogen-bond donors (Lipinski definition) is 0. The van der Waals surface area contributed by atoms with Gasteiger partial charge in [0.05, 0.1) is 5.41 Å². The number of rotatable bonds is 7. The predicted octanol–water partition coefficient (Wildman–Crippen LogP) is 17.5. The molecule has 0 fully saturated rings. The van der Waals surface area contributed by atoms with Gasteiger partial charge in [0.15, 0.2) is 0 Å². The Kier molecular flexibility index (Phi) is 8.85. The molecule has 2 aliphatic carbocycles. The maximum atomic E-state index is 2.51. The number of anilines is 3. The highest BCUT2D eigenvalue weighted by atomic mass is 15.1.